The monoisotopic (exact) mass is 326 g/mol. The maximum absolute atomic E-state index is 10.5. The van der Waals surface area contributed by atoms with Gasteiger partial charge in [-0.05, 0) is 41.5 Å². The first-order valence-electron chi connectivity index (χ1n) is 9.00. The van der Waals surface area contributed by atoms with E-state index in [2.05, 4.69) is 46.8 Å². The molecule has 0 amide bonds. The topological polar surface area (TPSA) is 40.5 Å². The molecule has 0 aromatic heterocycles. The number of rotatable bonds is 6. The van der Waals surface area contributed by atoms with Crippen LogP contribution in [0.4, 0.5) is 0 Å². The Morgan fingerprint density at radius 2 is 1.17 bits per heavy atom. The normalized spacial score (nSPS) is 11.7. The Balaban J connectivity index is 2.58. The Morgan fingerprint density at radius 3 is 1.50 bits per heavy atom. The van der Waals surface area contributed by atoms with Crippen molar-refractivity contribution < 1.29 is 10.2 Å². The van der Waals surface area contributed by atoms with Gasteiger partial charge in [0.05, 0.1) is 0 Å². The van der Waals surface area contributed by atoms with E-state index < -0.39 is 0 Å². The Bertz CT molecular complexity index is 629. The zero-order chi connectivity index (χ0) is 17.9. The third kappa shape index (κ3) is 3.92. The van der Waals surface area contributed by atoms with Crippen molar-refractivity contribution in [1.29, 1.82) is 0 Å². The summed E-state index contributed by atoms with van der Waals surface area (Å²) in [5.41, 5.74) is 4.25. The zero-order valence-corrected chi connectivity index (χ0v) is 15.5. The van der Waals surface area contributed by atoms with Gasteiger partial charge in [0.25, 0.3) is 0 Å². The molecule has 0 heterocycles. The van der Waals surface area contributed by atoms with Gasteiger partial charge in [-0.3, -0.25) is 0 Å². The van der Waals surface area contributed by atoms with Crippen molar-refractivity contribution in [3.8, 4) is 11.5 Å². The van der Waals surface area contributed by atoms with Crippen LogP contribution >= 0.6 is 0 Å². The second kappa shape index (κ2) is 7.74. The Hall–Kier alpha value is -1.96. The fourth-order valence-corrected chi connectivity index (χ4v) is 3.19. The van der Waals surface area contributed by atoms with Crippen LogP contribution in [0.1, 0.15) is 87.5 Å². The molecule has 24 heavy (non-hydrogen) atoms. The highest BCUT2D eigenvalue weighted by Gasteiger charge is 2.21. The van der Waals surface area contributed by atoms with Crippen LogP contribution in [-0.4, -0.2) is 10.2 Å². The lowest BCUT2D eigenvalue weighted by Gasteiger charge is -2.22. The van der Waals surface area contributed by atoms with Crippen LogP contribution in [0.3, 0.4) is 0 Å². The number of phenolic OH excluding ortho intramolecular Hbond substituents is 2. The second-order valence-electron chi connectivity index (χ2n) is 7.29. The first kappa shape index (κ1) is 18.4. The highest BCUT2D eigenvalue weighted by molar-refractivity contribution is 5.49. The summed E-state index contributed by atoms with van der Waals surface area (Å²) in [7, 11) is 0. The summed E-state index contributed by atoms with van der Waals surface area (Å²) in [5.74, 6) is 1.44. The van der Waals surface area contributed by atoms with Crippen LogP contribution in [0.5, 0.6) is 11.5 Å². The van der Waals surface area contributed by atoms with Gasteiger partial charge < -0.3 is 10.2 Å². The molecular weight excluding hydrogens is 296 g/mol. The summed E-state index contributed by atoms with van der Waals surface area (Å²) < 4.78 is 0. The number of hydrogen-bond donors (Lipinski definition) is 2. The van der Waals surface area contributed by atoms with Gasteiger partial charge in [-0.25, -0.2) is 0 Å². The molecule has 0 unspecified atom stereocenters. The molecule has 0 saturated carbocycles. The molecule has 0 aliphatic rings. The summed E-state index contributed by atoms with van der Waals surface area (Å²) in [4.78, 5) is 0. The summed E-state index contributed by atoms with van der Waals surface area (Å²) in [6.45, 7) is 10.8. The van der Waals surface area contributed by atoms with E-state index >= 15 is 0 Å². The quantitative estimate of drug-likeness (QED) is 0.656. The van der Waals surface area contributed by atoms with E-state index in [1.54, 1.807) is 12.1 Å². The molecule has 0 aliphatic heterocycles. The molecule has 2 N–H and O–H groups in total. The average molecular weight is 326 g/mol. The van der Waals surface area contributed by atoms with E-state index in [9.17, 15) is 10.2 Å². The first-order valence-corrected chi connectivity index (χ1v) is 9.00. The standard InChI is InChI=1S/C22H30O2/c1-6-7-18(19-12-16(14(2)3)8-10-21(19)23)20-13-17(15(4)5)9-11-22(20)24/h8-15,18,23-24H,6-7H2,1-5H3. The molecule has 0 bridgehead atoms. The molecule has 0 aliphatic carbocycles. The Morgan fingerprint density at radius 1 is 0.750 bits per heavy atom. The minimum Gasteiger partial charge on any atom is -0.508 e. The number of hydrogen-bond acceptors (Lipinski definition) is 2. The molecule has 0 spiro atoms. The Kier molecular flexibility index (Phi) is 5.93. The van der Waals surface area contributed by atoms with Gasteiger partial charge in [0.15, 0.2) is 0 Å². The predicted octanol–water partition coefficient (Wildman–Crippen LogP) is 6.28. The summed E-state index contributed by atoms with van der Waals surface area (Å²) in [6.07, 6.45) is 1.88. The van der Waals surface area contributed by atoms with E-state index in [4.69, 9.17) is 0 Å². The second-order valence-corrected chi connectivity index (χ2v) is 7.29. The van der Waals surface area contributed by atoms with E-state index in [0.29, 0.717) is 23.3 Å². The van der Waals surface area contributed by atoms with Crippen LogP contribution < -0.4 is 0 Å². The van der Waals surface area contributed by atoms with E-state index in [0.717, 1.165) is 24.0 Å². The lowest BCUT2D eigenvalue weighted by molar-refractivity contribution is 0.450. The van der Waals surface area contributed by atoms with E-state index in [-0.39, 0.29) is 5.92 Å². The molecule has 2 aromatic rings. The van der Waals surface area contributed by atoms with E-state index in [1.165, 1.54) is 11.1 Å². The molecule has 2 rings (SSSR count). The molecular formula is C22H30O2. The number of benzene rings is 2. The third-order valence-corrected chi connectivity index (χ3v) is 4.76. The minimum absolute atomic E-state index is 0.00685. The van der Waals surface area contributed by atoms with Gasteiger partial charge in [0.2, 0.25) is 0 Å². The van der Waals surface area contributed by atoms with Crippen LogP contribution in [0.15, 0.2) is 36.4 Å². The van der Waals surface area contributed by atoms with Gasteiger partial charge in [0.1, 0.15) is 11.5 Å². The van der Waals surface area contributed by atoms with Gasteiger partial charge in [-0.2, -0.15) is 0 Å². The third-order valence-electron chi connectivity index (χ3n) is 4.76. The highest BCUT2D eigenvalue weighted by Crippen LogP contribution is 2.40. The fourth-order valence-electron chi connectivity index (χ4n) is 3.19. The van der Waals surface area contributed by atoms with Gasteiger partial charge in [-0.1, -0.05) is 65.3 Å². The lowest BCUT2D eigenvalue weighted by atomic mass is 9.83. The molecule has 0 atom stereocenters. The summed E-state index contributed by atoms with van der Waals surface area (Å²) in [5, 5.41) is 20.9. The predicted molar refractivity (Wildman–Crippen MR) is 101 cm³/mol. The average Bonchev–Trinajstić information content (AvgIpc) is 2.53. The molecule has 0 radical (unpaired) electrons. The van der Waals surface area contributed by atoms with Crippen LogP contribution in [0.2, 0.25) is 0 Å². The highest BCUT2D eigenvalue weighted by atomic mass is 16.3. The van der Waals surface area contributed by atoms with Gasteiger partial charge in [0, 0.05) is 17.0 Å². The first-order chi connectivity index (χ1) is 11.3. The van der Waals surface area contributed by atoms with Crippen molar-refractivity contribution in [2.24, 2.45) is 0 Å². The number of aromatic hydroxyl groups is 2. The van der Waals surface area contributed by atoms with E-state index in [1.807, 2.05) is 12.1 Å². The van der Waals surface area contributed by atoms with Crippen molar-refractivity contribution in [2.45, 2.75) is 65.2 Å². The largest absolute Gasteiger partial charge is 0.508 e. The van der Waals surface area contributed by atoms with Crippen LogP contribution in [-0.2, 0) is 0 Å². The van der Waals surface area contributed by atoms with Crippen molar-refractivity contribution in [3.63, 3.8) is 0 Å². The van der Waals surface area contributed by atoms with Crippen LogP contribution in [0.25, 0.3) is 0 Å². The molecule has 130 valence electrons. The molecule has 2 nitrogen and oxygen atoms in total. The molecule has 0 fully saturated rings. The van der Waals surface area contributed by atoms with Crippen molar-refractivity contribution >= 4 is 0 Å². The Labute approximate surface area is 146 Å². The lowest BCUT2D eigenvalue weighted by Crippen LogP contribution is -2.04. The minimum atomic E-state index is 0.00685. The van der Waals surface area contributed by atoms with Crippen molar-refractivity contribution in [3.05, 3.63) is 58.7 Å². The van der Waals surface area contributed by atoms with Crippen LogP contribution in [0, 0.1) is 0 Å². The zero-order valence-electron chi connectivity index (χ0n) is 15.5. The summed E-state index contributed by atoms with van der Waals surface area (Å²) in [6, 6.07) is 11.7. The van der Waals surface area contributed by atoms with Crippen molar-refractivity contribution in [1.82, 2.24) is 0 Å². The smallest absolute Gasteiger partial charge is 0.119 e. The van der Waals surface area contributed by atoms with Gasteiger partial charge in [-0.15, -0.1) is 0 Å². The molecule has 0 saturated heterocycles. The molecule has 2 aromatic carbocycles. The fraction of sp³-hybridized carbons (Fsp3) is 0.455. The summed E-state index contributed by atoms with van der Waals surface area (Å²) >= 11 is 0. The van der Waals surface area contributed by atoms with Gasteiger partial charge >= 0.3 is 0 Å². The number of phenols is 2. The maximum atomic E-state index is 10.5. The maximum Gasteiger partial charge on any atom is 0.119 e. The SMILES string of the molecule is CCCC(c1cc(C(C)C)ccc1O)c1cc(C(C)C)ccc1O. The molecule has 2 heteroatoms. The van der Waals surface area contributed by atoms with Crippen molar-refractivity contribution in [2.75, 3.05) is 0 Å².